The number of H-pyrrole nitrogens is 1. The summed E-state index contributed by atoms with van der Waals surface area (Å²) in [5.74, 6) is 2.04. The number of nitrogens with zero attached hydrogens (tertiary/aromatic N) is 1. The lowest BCUT2D eigenvalue weighted by molar-refractivity contribution is -0.385. The number of rotatable bonds is 1. The minimum atomic E-state index is -0.628. The summed E-state index contributed by atoms with van der Waals surface area (Å²) in [5.41, 5.74) is -0.755. The number of hydrogen-bond acceptors (Lipinski definition) is 3. The molecule has 0 fully saturated rings. The molecule has 1 rings (SSSR count). The second kappa shape index (κ2) is 2.88. The van der Waals surface area contributed by atoms with Crippen molar-refractivity contribution >= 4 is 5.69 Å². The van der Waals surface area contributed by atoms with Crippen molar-refractivity contribution in [3.05, 3.63) is 38.3 Å². The lowest BCUT2D eigenvalue weighted by atomic mass is 10.3. The molecule has 0 aliphatic carbocycles. The molecule has 0 amide bonds. The lowest BCUT2D eigenvalue weighted by Gasteiger charge is -1.90. The molecule has 5 heteroatoms. The highest BCUT2D eigenvalue weighted by atomic mass is 16.6. The number of terminal acetylenes is 1. The van der Waals surface area contributed by atoms with Gasteiger partial charge in [-0.15, -0.1) is 6.42 Å². The first-order valence-electron chi connectivity index (χ1n) is 2.99. The number of pyridine rings is 1. The van der Waals surface area contributed by atoms with Gasteiger partial charge in [-0.2, -0.15) is 0 Å². The van der Waals surface area contributed by atoms with Gasteiger partial charge in [-0.25, -0.2) is 0 Å². The molecule has 5 nitrogen and oxygen atoms in total. The molecule has 0 saturated heterocycles. The van der Waals surface area contributed by atoms with Crippen molar-refractivity contribution in [2.24, 2.45) is 0 Å². The van der Waals surface area contributed by atoms with Gasteiger partial charge in [-0.05, 0) is 0 Å². The molecular weight excluding hydrogens is 160 g/mol. The van der Waals surface area contributed by atoms with Gasteiger partial charge in [-0.1, -0.05) is 5.92 Å². The molecule has 0 atom stereocenters. The number of nitrogens with one attached hydrogen (secondary N) is 1. The van der Waals surface area contributed by atoms with Crippen LogP contribution in [0.4, 0.5) is 5.69 Å². The largest absolute Gasteiger partial charge is 0.322 e. The fourth-order valence-corrected chi connectivity index (χ4v) is 0.685. The zero-order chi connectivity index (χ0) is 9.14. The van der Waals surface area contributed by atoms with Gasteiger partial charge in [0.2, 0.25) is 0 Å². The van der Waals surface area contributed by atoms with E-state index in [2.05, 4.69) is 4.98 Å². The fraction of sp³-hybridized carbons (Fsp3) is 0. The molecule has 1 heterocycles. The average Bonchev–Trinajstić information content (AvgIpc) is 2.05. The molecule has 60 valence electrons. The topological polar surface area (TPSA) is 76.0 Å². The van der Waals surface area contributed by atoms with Gasteiger partial charge in [-0.3, -0.25) is 14.9 Å². The number of aromatic nitrogens is 1. The fourth-order valence-electron chi connectivity index (χ4n) is 0.685. The van der Waals surface area contributed by atoms with E-state index in [0.29, 0.717) is 0 Å². The number of hydrogen-bond donors (Lipinski definition) is 1. The molecule has 12 heavy (non-hydrogen) atoms. The second-order valence-corrected chi connectivity index (χ2v) is 2.00. The molecule has 0 radical (unpaired) electrons. The van der Waals surface area contributed by atoms with Gasteiger partial charge in [0.05, 0.1) is 16.7 Å². The van der Waals surface area contributed by atoms with E-state index in [9.17, 15) is 14.9 Å². The van der Waals surface area contributed by atoms with Gasteiger partial charge in [0.15, 0.2) is 0 Å². The van der Waals surface area contributed by atoms with Crippen molar-refractivity contribution in [3.8, 4) is 12.3 Å². The van der Waals surface area contributed by atoms with E-state index in [1.165, 1.54) is 0 Å². The first-order valence-corrected chi connectivity index (χ1v) is 2.99. The zero-order valence-corrected chi connectivity index (χ0v) is 5.90. The summed E-state index contributed by atoms with van der Waals surface area (Å²) in [7, 11) is 0. The maximum Gasteiger partial charge on any atom is 0.286 e. The Morgan fingerprint density at radius 1 is 1.67 bits per heavy atom. The highest BCUT2D eigenvalue weighted by Gasteiger charge is 2.07. The summed E-state index contributed by atoms with van der Waals surface area (Å²) in [6.07, 6.45) is 5.93. The molecule has 0 spiro atoms. The lowest BCUT2D eigenvalue weighted by Crippen LogP contribution is -2.09. The molecule has 0 aliphatic heterocycles. The third kappa shape index (κ3) is 1.32. The van der Waals surface area contributed by atoms with Gasteiger partial charge in [0, 0.05) is 6.07 Å². The van der Waals surface area contributed by atoms with Crippen molar-refractivity contribution < 1.29 is 4.92 Å². The van der Waals surface area contributed by atoms with Gasteiger partial charge in [0.1, 0.15) is 0 Å². The number of nitro groups is 1. The van der Waals surface area contributed by atoms with E-state index in [1.807, 2.05) is 5.92 Å². The van der Waals surface area contributed by atoms with Crippen LogP contribution >= 0.6 is 0 Å². The Bertz CT molecular complexity index is 413. The van der Waals surface area contributed by atoms with Crippen LogP contribution in [-0.4, -0.2) is 9.91 Å². The van der Waals surface area contributed by atoms with Crippen LogP contribution in [-0.2, 0) is 0 Å². The smallest absolute Gasteiger partial charge is 0.286 e. The van der Waals surface area contributed by atoms with Crippen molar-refractivity contribution in [1.29, 1.82) is 0 Å². The number of aromatic amines is 1. The second-order valence-electron chi connectivity index (χ2n) is 2.00. The highest BCUT2D eigenvalue weighted by molar-refractivity contribution is 5.38. The Kier molecular flexibility index (Phi) is 1.92. The Balaban J connectivity index is 3.35. The Morgan fingerprint density at radius 3 is 2.83 bits per heavy atom. The van der Waals surface area contributed by atoms with Crippen molar-refractivity contribution in [3.63, 3.8) is 0 Å². The minimum Gasteiger partial charge on any atom is -0.322 e. The molecule has 1 aromatic heterocycles. The van der Waals surface area contributed by atoms with Gasteiger partial charge >= 0.3 is 0 Å². The predicted octanol–water partition coefficient (Wildman–Crippen LogP) is 0.264. The Hall–Kier alpha value is -2.09. The first-order chi connectivity index (χ1) is 5.65. The van der Waals surface area contributed by atoms with Crippen LogP contribution in [0.15, 0.2) is 17.1 Å². The molecule has 0 bridgehead atoms. The van der Waals surface area contributed by atoms with Crippen LogP contribution in [0.1, 0.15) is 5.56 Å². The standard InChI is InChI=1S/C7H4N2O3/c1-2-5-3-6(9(11)12)4-8-7(5)10/h1,3-4H,(H,8,10). The predicted molar refractivity (Wildman–Crippen MR) is 41.7 cm³/mol. The molecular formula is C7H4N2O3. The van der Waals surface area contributed by atoms with Crippen molar-refractivity contribution in [1.82, 2.24) is 4.98 Å². The van der Waals surface area contributed by atoms with Crippen LogP contribution in [0.5, 0.6) is 0 Å². The normalized spacial score (nSPS) is 8.92. The van der Waals surface area contributed by atoms with E-state index in [0.717, 1.165) is 12.3 Å². The zero-order valence-electron chi connectivity index (χ0n) is 5.90. The minimum absolute atomic E-state index is 0.0378. The van der Waals surface area contributed by atoms with Crippen LogP contribution in [0.2, 0.25) is 0 Å². The average molecular weight is 164 g/mol. The van der Waals surface area contributed by atoms with Crippen molar-refractivity contribution in [2.75, 3.05) is 0 Å². The third-order valence-electron chi connectivity index (χ3n) is 1.25. The quantitative estimate of drug-likeness (QED) is 0.367. The molecule has 0 aliphatic rings. The molecule has 1 N–H and O–H groups in total. The summed E-state index contributed by atoms with van der Waals surface area (Å²) in [4.78, 5) is 22.5. The summed E-state index contributed by atoms with van der Waals surface area (Å²) >= 11 is 0. The molecule has 0 saturated carbocycles. The maximum atomic E-state index is 10.8. The Morgan fingerprint density at radius 2 is 2.33 bits per heavy atom. The summed E-state index contributed by atoms with van der Waals surface area (Å²) in [6, 6.07) is 1.05. The summed E-state index contributed by atoms with van der Waals surface area (Å²) in [5, 5.41) is 10.2. The Labute approximate surface area is 67.2 Å². The van der Waals surface area contributed by atoms with Gasteiger partial charge in [0.25, 0.3) is 11.2 Å². The van der Waals surface area contributed by atoms with E-state index in [1.54, 1.807) is 0 Å². The SMILES string of the molecule is C#Cc1cc([N+](=O)[O-])c[nH]c1=O. The third-order valence-corrected chi connectivity index (χ3v) is 1.25. The van der Waals surface area contributed by atoms with Crippen LogP contribution in [0.25, 0.3) is 0 Å². The molecule has 0 aromatic carbocycles. The van der Waals surface area contributed by atoms with E-state index in [-0.39, 0.29) is 11.3 Å². The van der Waals surface area contributed by atoms with Crippen LogP contribution < -0.4 is 5.56 Å². The highest BCUT2D eigenvalue weighted by Crippen LogP contribution is 2.06. The molecule has 0 unspecified atom stereocenters. The van der Waals surface area contributed by atoms with Crippen molar-refractivity contribution in [2.45, 2.75) is 0 Å². The van der Waals surface area contributed by atoms with Gasteiger partial charge < -0.3 is 4.98 Å². The van der Waals surface area contributed by atoms with Crippen LogP contribution in [0, 0.1) is 22.5 Å². The van der Waals surface area contributed by atoms with E-state index >= 15 is 0 Å². The summed E-state index contributed by atoms with van der Waals surface area (Å²) in [6.45, 7) is 0. The monoisotopic (exact) mass is 164 g/mol. The first kappa shape index (κ1) is 8.01. The molecule has 1 aromatic rings. The van der Waals surface area contributed by atoms with E-state index < -0.39 is 10.5 Å². The van der Waals surface area contributed by atoms with E-state index in [4.69, 9.17) is 6.42 Å². The maximum absolute atomic E-state index is 10.8. The van der Waals surface area contributed by atoms with Crippen LogP contribution in [0.3, 0.4) is 0 Å². The summed E-state index contributed by atoms with van der Waals surface area (Å²) < 4.78 is 0.